The average Bonchev–Trinajstić information content (AvgIpc) is 3.09. The summed E-state index contributed by atoms with van der Waals surface area (Å²) in [5, 5.41) is 0. The fraction of sp³-hybridized carbons (Fsp3) is 0.871. The number of hydrogen-bond acceptors (Lipinski definition) is 4. The molecular weight excluding hydrogens is 464 g/mol. The Morgan fingerprint density at radius 1 is 1.17 bits per heavy atom. The highest BCUT2D eigenvalue weighted by atomic mass is 28.3. The van der Waals surface area contributed by atoms with Gasteiger partial charge in [0.2, 0.25) is 9.04 Å². The van der Waals surface area contributed by atoms with Crippen molar-refractivity contribution < 1.29 is 18.8 Å². The molecule has 5 heteroatoms. The van der Waals surface area contributed by atoms with Crippen molar-refractivity contribution in [2.45, 2.75) is 131 Å². The first-order valence-corrected chi connectivity index (χ1v) is 17.2. The molecule has 0 aromatic rings. The van der Waals surface area contributed by atoms with Gasteiger partial charge in [-0.1, -0.05) is 46.1 Å². The minimum Gasteiger partial charge on any atom is -0.462 e. The highest BCUT2D eigenvalue weighted by molar-refractivity contribution is 6.48. The summed E-state index contributed by atoms with van der Waals surface area (Å²) in [7, 11) is -0.712. The average molecular weight is 516 g/mol. The molecule has 0 amide bonds. The van der Waals surface area contributed by atoms with Crippen molar-refractivity contribution >= 4 is 20.8 Å². The van der Waals surface area contributed by atoms with E-state index in [1.54, 1.807) is 6.92 Å². The molecule has 4 aliphatic rings. The Labute approximate surface area is 222 Å². The lowest BCUT2D eigenvalue weighted by Gasteiger charge is -2.56. The van der Waals surface area contributed by atoms with Crippen LogP contribution in [0.5, 0.6) is 0 Å². The predicted molar refractivity (Wildman–Crippen MR) is 147 cm³/mol. The van der Waals surface area contributed by atoms with Crippen LogP contribution in [0, 0.1) is 40.4 Å². The number of rotatable bonds is 8. The zero-order valence-corrected chi connectivity index (χ0v) is 25.0. The highest BCUT2D eigenvalue weighted by Crippen LogP contribution is 2.64. The van der Waals surface area contributed by atoms with Gasteiger partial charge in [-0.25, -0.2) is 0 Å². The van der Waals surface area contributed by atoms with Crippen LogP contribution in [0.2, 0.25) is 13.1 Å². The molecule has 0 saturated heterocycles. The van der Waals surface area contributed by atoms with Crippen molar-refractivity contribution in [3.63, 3.8) is 0 Å². The number of fused-ring (bicyclic) bond motifs is 5. The molecule has 4 rings (SSSR count). The molecule has 3 fully saturated rings. The Kier molecular flexibility index (Phi) is 8.61. The first-order valence-electron chi connectivity index (χ1n) is 14.8. The van der Waals surface area contributed by atoms with Crippen LogP contribution in [0.25, 0.3) is 0 Å². The van der Waals surface area contributed by atoms with E-state index in [4.69, 9.17) is 9.16 Å². The van der Waals surface area contributed by atoms with Crippen molar-refractivity contribution in [3.05, 3.63) is 11.6 Å². The summed E-state index contributed by atoms with van der Waals surface area (Å²) in [5.74, 6) is 3.52. The second-order valence-electron chi connectivity index (χ2n) is 14.0. The maximum absolute atomic E-state index is 12.3. The van der Waals surface area contributed by atoms with E-state index in [0.717, 1.165) is 38.5 Å². The Morgan fingerprint density at radius 3 is 2.58 bits per heavy atom. The minimum atomic E-state index is -0.712. The number of hydrogen-bond donors (Lipinski definition) is 0. The van der Waals surface area contributed by atoms with Gasteiger partial charge in [0.25, 0.3) is 0 Å². The van der Waals surface area contributed by atoms with Crippen molar-refractivity contribution in [1.29, 1.82) is 0 Å². The first kappa shape index (κ1) is 28.1. The molecule has 4 aliphatic carbocycles. The third kappa shape index (κ3) is 5.87. The van der Waals surface area contributed by atoms with E-state index < -0.39 is 9.04 Å². The lowest BCUT2D eigenvalue weighted by Crippen LogP contribution is -2.51. The van der Waals surface area contributed by atoms with Crippen molar-refractivity contribution in [2.75, 3.05) is 0 Å². The lowest BCUT2D eigenvalue weighted by atomic mass is 9.49. The smallest absolute Gasteiger partial charge is 0.302 e. The van der Waals surface area contributed by atoms with Gasteiger partial charge in [0, 0.05) is 24.9 Å². The number of ether oxygens (including phenoxy) is 1. The molecule has 0 aromatic carbocycles. The molecule has 4 nitrogen and oxygen atoms in total. The second kappa shape index (κ2) is 11.0. The van der Waals surface area contributed by atoms with Gasteiger partial charge in [-0.15, -0.1) is 0 Å². The van der Waals surface area contributed by atoms with Crippen LogP contribution < -0.4 is 0 Å². The number of carbonyl (C=O) groups is 2. The summed E-state index contributed by atoms with van der Waals surface area (Å²) in [6.07, 6.45) is 14.8. The Hall–Kier alpha value is -0.943. The first-order chi connectivity index (χ1) is 16.9. The summed E-state index contributed by atoms with van der Waals surface area (Å²) < 4.78 is 12.3. The number of unbranched alkanes of at least 4 members (excludes halogenated alkanes) is 1. The zero-order chi connectivity index (χ0) is 26.3. The van der Waals surface area contributed by atoms with E-state index in [0.29, 0.717) is 41.5 Å². The van der Waals surface area contributed by atoms with Crippen LogP contribution >= 0.6 is 0 Å². The van der Waals surface area contributed by atoms with Gasteiger partial charge in [-0.05, 0) is 106 Å². The number of carbonyl (C=O) groups excluding carboxylic acids is 2. The van der Waals surface area contributed by atoms with E-state index in [-0.39, 0.29) is 22.9 Å². The molecule has 203 valence electrons. The molecule has 0 spiro atoms. The van der Waals surface area contributed by atoms with Gasteiger partial charge in [0.1, 0.15) is 6.10 Å². The monoisotopic (exact) mass is 515 g/mol. The Bertz CT molecular complexity index is 842. The summed E-state index contributed by atoms with van der Waals surface area (Å²) in [5.41, 5.74) is 1.76. The molecule has 8 atom stereocenters. The normalized spacial score (nSPS) is 37.1. The molecule has 0 heterocycles. The van der Waals surface area contributed by atoms with E-state index >= 15 is 0 Å². The van der Waals surface area contributed by atoms with Crippen LogP contribution in [-0.2, 0) is 18.8 Å². The van der Waals surface area contributed by atoms with Crippen LogP contribution in [0.1, 0.15) is 105 Å². The van der Waals surface area contributed by atoms with Gasteiger partial charge in [0.15, 0.2) is 5.78 Å². The summed E-state index contributed by atoms with van der Waals surface area (Å²) in [6.45, 7) is 15.4. The van der Waals surface area contributed by atoms with Crippen LogP contribution in [0.15, 0.2) is 11.6 Å². The highest BCUT2D eigenvalue weighted by Gasteiger charge is 2.59. The molecule has 36 heavy (non-hydrogen) atoms. The van der Waals surface area contributed by atoms with Gasteiger partial charge >= 0.3 is 5.97 Å². The standard InChI is InChI=1S/C31H51O4Si/c1-20(32)34-28-15-14-26-29-21(10-8-9-11-27(30(2,3)4)35-36(6)7)18-22-19-23(33)12-13-24(22)25(29)16-17-31(26,28)5/h19,21,24-29H,8-18H2,1-7H3/t21-,24+,25-,26+,27?,28+,29-,31+/m1/s1. The Balaban J connectivity index is 1.49. The Morgan fingerprint density at radius 2 is 1.92 bits per heavy atom. The van der Waals surface area contributed by atoms with Gasteiger partial charge in [0.05, 0.1) is 0 Å². The van der Waals surface area contributed by atoms with Gasteiger partial charge in [-0.3, -0.25) is 9.59 Å². The van der Waals surface area contributed by atoms with Gasteiger partial charge < -0.3 is 9.16 Å². The van der Waals surface area contributed by atoms with Crippen molar-refractivity contribution in [1.82, 2.24) is 0 Å². The molecule has 1 radical (unpaired) electrons. The maximum atomic E-state index is 12.3. The largest absolute Gasteiger partial charge is 0.462 e. The van der Waals surface area contributed by atoms with Crippen LogP contribution in [-0.4, -0.2) is 33.0 Å². The number of allylic oxidation sites excluding steroid dienone is 1. The molecule has 3 saturated carbocycles. The maximum Gasteiger partial charge on any atom is 0.302 e. The zero-order valence-electron chi connectivity index (χ0n) is 24.0. The quantitative estimate of drug-likeness (QED) is 0.190. The molecule has 0 N–H and O–H groups in total. The summed E-state index contributed by atoms with van der Waals surface area (Å²) in [6, 6.07) is 0. The third-order valence-electron chi connectivity index (χ3n) is 10.3. The number of esters is 1. The molecule has 0 aromatic heterocycles. The fourth-order valence-electron chi connectivity index (χ4n) is 8.71. The lowest BCUT2D eigenvalue weighted by molar-refractivity contribution is -0.157. The molecule has 0 aliphatic heterocycles. The minimum absolute atomic E-state index is 0.0789. The predicted octanol–water partition coefficient (Wildman–Crippen LogP) is 7.53. The summed E-state index contributed by atoms with van der Waals surface area (Å²) in [4.78, 5) is 24.2. The van der Waals surface area contributed by atoms with E-state index in [1.165, 1.54) is 37.7 Å². The molecular formula is C31H51O4Si. The van der Waals surface area contributed by atoms with Gasteiger partial charge in [-0.2, -0.15) is 0 Å². The molecule has 0 bridgehead atoms. The topological polar surface area (TPSA) is 52.6 Å². The van der Waals surface area contributed by atoms with Crippen molar-refractivity contribution in [3.8, 4) is 0 Å². The van der Waals surface area contributed by atoms with Crippen LogP contribution in [0.3, 0.4) is 0 Å². The number of ketones is 1. The SMILES string of the molecule is CC(=O)O[C@H]1CC[C@H]2[C@@H]3[C@H](CCCCC(O[Si](C)C)C(C)(C)C)CC4=CC(=O)CC[C@@H]4[C@H]3CC[C@]12C. The summed E-state index contributed by atoms with van der Waals surface area (Å²) >= 11 is 0. The van der Waals surface area contributed by atoms with E-state index in [2.05, 4.69) is 40.8 Å². The second-order valence-corrected chi connectivity index (χ2v) is 16.1. The molecule has 1 unspecified atom stereocenters. The van der Waals surface area contributed by atoms with E-state index in [1.807, 2.05) is 6.08 Å². The van der Waals surface area contributed by atoms with Crippen LogP contribution in [0.4, 0.5) is 0 Å². The fourth-order valence-corrected chi connectivity index (χ4v) is 9.75. The van der Waals surface area contributed by atoms with Crippen molar-refractivity contribution in [2.24, 2.45) is 40.4 Å². The van der Waals surface area contributed by atoms with E-state index in [9.17, 15) is 9.59 Å². The third-order valence-corrected chi connectivity index (χ3v) is 11.1.